The number of aromatic nitrogens is 3. The fourth-order valence-corrected chi connectivity index (χ4v) is 4.38. The van der Waals surface area contributed by atoms with Crippen molar-refractivity contribution in [3.8, 4) is 28.6 Å². The zero-order valence-electron chi connectivity index (χ0n) is 18.4. The molecule has 1 aliphatic rings. The van der Waals surface area contributed by atoms with Crippen molar-refractivity contribution in [3.05, 3.63) is 88.0 Å². The number of para-hydroxylation sites is 1. The Morgan fingerprint density at radius 3 is 2.69 bits per heavy atom. The van der Waals surface area contributed by atoms with Crippen LogP contribution in [0.5, 0.6) is 17.4 Å². The maximum Gasteiger partial charge on any atom is 0.315 e. The van der Waals surface area contributed by atoms with Gasteiger partial charge in [-0.05, 0) is 17.7 Å². The van der Waals surface area contributed by atoms with E-state index in [0.717, 1.165) is 11.1 Å². The van der Waals surface area contributed by atoms with E-state index in [9.17, 15) is 15.2 Å². The summed E-state index contributed by atoms with van der Waals surface area (Å²) in [6.07, 6.45) is -0.880. The predicted octanol–water partition coefficient (Wildman–Crippen LogP) is 4.96. The molecule has 35 heavy (non-hydrogen) atoms. The molecule has 0 aliphatic carbocycles. The molecule has 1 unspecified atom stereocenters. The molecule has 0 saturated heterocycles. The highest BCUT2D eigenvalue weighted by Gasteiger charge is 2.29. The van der Waals surface area contributed by atoms with Crippen LogP contribution in [0.15, 0.2) is 71.9 Å². The molecule has 0 fully saturated rings. The summed E-state index contributed by atoms with van der Waals surface area (Å²) in [5.41, 5.74) is 2.84. The Bertz CT molecular complexity index is 1400. The number of hydrogen-bond donors (Lipinski definition) is 2. The molecule has 3 aromatic carbocycles. The van der Waals surface area contributed by atoms with Gasteiger partial charge in [0, 0.05) is 28.6 Å². The minimum absolute atomic E-state index is 0.0442. The van der Waals surface area contributed by atoms with Crippen molar-refractivity contribution in [2.24, 2.45) is 0 Å². The summed E-state index contributed by atoms with van der Waals surface area (Å²) in [5, 5.41) is 34.0. The molecule has 4 aromatic rings. The number of fused-ring (bicyclic) bond motifs is 3. The van der Waals surface area contributed by atoms with Gasteiger partial charge in [0.2, 0.25) is 16.8 Å². The normalized spacial score (nSPS) is 14.0. The van der Waals surface area contributed by atoms with E-state index in [1.54, 1.807) is 0 Å². The molecule has 176 valence electrons. The van der Waals surface area contributed by atoms with E-state index in [4.69, 9.17) is 9.47 Å². The second kappa shape index (κ2) is 9.47. The Morgan fingerprint density at radius 2 is 1.91 bits per heavy atom. The largest absolute Gasteiger partial charge is 0.500 e. The van der Waals surface area contributed by atoms with Crippen molar-refractivity contribution in [2.45, 2.75) is 17.1 Å². The molecule has 10 nitrogen and oxygen atoms in total. The number of ether oxygens (including phenoxy) is 2. The molecule has 5 rings (SSSR count). The van der Waals surface area contributed by atoms with Gasteiger partial charge in [-0.15, -0.1) is 10.2 Å². The standard InChI is InChI=1S/C24H19N5O5S/c1-33-19-12-15(11-18(21(19)30)29(31)32)22-25-17-10-6-5-9-16(17)20-23(34-22)26-24(28-27-20)35-13-14-7-3-2-4-8-14/h2-12,22,25,30H,13H2,1H3. The van der Waals surface area contributed by atoms with Crippen LogP contribution in [0, 0.1) is 10.1 Å². The van der Waals surface area contributed by atoms with Gasteiger partial charge in [0.05, 0.1) is 12.0 Å². The summed E-state index contributed by atoms with van der Waals surface area (Å²) in [6, 6.07) is 20.0. The number of anilines is 1. The Hall–Kier alpha value is -4.38. The number of aromatic hydroxyl groups is 1. The summed E-state index contributed by atoms with van der Waals surface area (Å²) < 4.78 is 11.3. The minimum Gasteiger partial charge on any atom is -0.500 e. The molecular weight excluding hydrogens is 470 g/mol. The van der Waals surface area contributed by atoms with Crippen LogP contribution in [-0.4, -0.2) is 32.3 Å². The van der Waals surface area contributed by atoms with Gasteiger partial charge in [0.25, 0.3) is 0 Å². The number of phenolic OH excluding ortho intramolecular Hbond substituents is 1. The molecular formula is C24H19N5O5S. The second-order valence-corrected chi connectivity index (χ2v) is 8.50. The average Bonchev–Trinajstić information content (AvgIpc) is 3.04. The van der Waals surface area contributed by atoms with Crippen molar-refractivity contribution < 1.29 is 19.5 Å². The van der Waals surface area contributed by atoms with Gasteiger partial charge >= 0.3 is 5.69 Å². The zero-order valence-corrected chi connectivity index (χ0v) is 19.2. The van der Waals surface area contributed by atoms with Gasteiger partial charge < -0.3 is 19.9 Å². The van der Waals surface area contributed by atoms with Crippen molar-refractivity contribution in [1.29, 1.82) is 0 Å². The van der Waals surface area contributed by atoms with Crippen LogP contribution in [0.1, 0.15) is 17.4 Å². The molecule has 1 atom stereocenters. The third kappa shape index (κ3) is 4.53. The second-order valence-electron chi connectivity index (χ2n) is 7.56. The van der Waals surface area contributed by atoms with Gasteiger partial charge in [0.1, 0.15) is 0 Å². The number of nitro benzene ring substituents is 1. The Kier molecular flexibility index (Phi) is 6.06. The number of rotatable bonds is 6. The summed E-state index contributed by atoms with van der Waals surface area (Å²) in [7, 11) is 1.32. The van der Waals surface area contributed by atoms with Gasteiger partial charge in [-0.3, -0.25) is 10.1 Å². The molecule has 1 aromatic heterocycles. The minimum atomic E-state index is -0.880. The van der Waals surface area contributed by atoms with Gasteiger partial charge in [-0.2, -0.15) is 4.98 Å². The molecule has 0 spiro atoms. The van der Waals surface area contributed by atoms with E-state index in [0.29, 0.717) is 27.9 Å². The SMILES string of the molecule is COc1cc(C2Nc3ccccc3-c3nnc(SCc4ccccc4)nc3O2)cc([N+](=O)[O-])c1O. The van der Waals surface area contributed by atoms with E-state index < -0.39 is 22.6 Å². The predicted molar refractivity (Wildman–Crippen MR) is 130 cm³/mol. The number of benzene rings is 3. The monoisotopic (exact) mass is 489 g/mol. The van der Waals surface area contributed by atoms with Crippen LogP contribution in [-0.2, 0) is 5.75 Å². The number of nitro groups is 1. The van der Waals surface area contributed by atoms with Crippen LogP contribution >= 0.6 is 11.8 Å². The maximum atomic E-state index is 11.5. The molecule has 0 bridgehead atoms. The molecule has 0 amide bonds. The lowest BCUT2D eigenvalue weighted by atomic mass is 10.1. The van der Waals surface area contributed by atoms with Crippen LogP contribution in [0.3, 0.4) is 0 Å². The molecule has 11 heteroatoms. The van der Waals surface area contributed by atoms with Crippen molar-refractivity contribution in [2.75, 3.05) is 12.4 Å². The van der Waals surface area contributed by atoms with Gasteiger partial charge in [-0.1, -0.05) is 60.3 Å². The molecule has 2 heterocycles. The zero-order chi connectivity index (χ0) is 24.4. The van der Waals surface area contributed by atoms with E-state index >= 15 is 0 Å². The van der Waals surface area contributed by atoms with Crippen LogP contribution in [0.4, 0.5) is 11.4 Å². The first-order valence-corrected chi connectivity index (χ1v) is 11.5. The molecule has 0 saturated carbocycles. The number of hydrogen-bond acceptors (Lipinski definition) is 10. The highest BCUT2D eigenvalue weighted by Crippen LogP contribution is 2.43. The molecule has 2 N–H and O–H groups in total. The third-order valence-electron chi connectivity index (χ3n) is 5.34. The lowest BCUT2D eigenvalue weighted by molar-refractivity contribution is -0.386. The molecule has 1 aliphatic heterocycles. The first-order valence-electron chi connectivity index (χ1n) is 10.5. The maximum absolute atomic E-state index is 11.5. The van der Waals surface area contributed by atoms with Crippen molar-refractivity contribution in [1.82, 2.24) is 15.2 Å². The van der Waals surface area contributed by atoms with E-state index in [1.165, 1.54) is 31.0 Å². The quantitative estimate of drug-likeness (QED) is 0.218. The fourth-order valence-electron chi connectivity index (χ4n) is 3.64. The number of nitrogens with zero attached hydrogens (tertiary/aromatic N) is 4. The first kappa shape index (κ1) is 22.4. The number of phenols is 1. The van der Waals surface area contributed by atoms with Crippen molar-refractivity contribution >= 4 is 23.1 Å². The van der Waals surface area contributed by atoms with Crippen molar-refractivity contribution in [3.63, 3.8) is 0 Å². The van der Waals surface area contributed by atoms with Crippen LogP contribution in [0.25, 0.3) is 11.3 Å². The fraction of sp³-hybridized carbons (Fsp3) is 0.125. The topological polar surface area (TPSA) is 133 Å². The van der Waals surface area contributed by atoms with E-state index in [2.05, 4.69) is 20.5 Å². The smallest absolute Gasteiger partial charge is 0.315 e. The van der Waals surface area contributed by atoms with Crippen LogP contribution < -0.4 is 14.8 Å². The Morgan fingerprint density at radius 1 is 1.14 bits per heavy atom. The number of nitrogens with one attached hydrogen (secondary N) is 1. The third-order valence-corrected chi connectivity index (χ3v) is 6.25. The average molecular weight is 490 g/mol. The highest BCUT2D eigenvalue weighted by atomic mass is 32.2. The summed E-state index contributed by atoms with van der Waals surface area (Å²) in [6.45, 7) is 0. The Balaban J connectivity index is 1.55. The lowest BCUT2D eigenvalue weighted by Crippen LogP contribution is -2.17. The number of thioether (sulfide) groups is 1. The summed E-state index contributed by atoms with van der Waals surface area (Å²) >= 11 is 1.42. The van der Waals surface area contributed by atoms with Gasteiger partial charge in [0.15, 0.2) is 17.7 Å². The lowest BCUT2D eigenvalue weighted by Gasteiger charge is -2.20. The van der Waals surface area contributed by atoms with Gasteiger partial charge in [-0.25, -0.2) is 0 Å². The number of methoxy groups -OCH3 is 1. The first-order chi connectivity index (χ1) is 17.0. The Labute approximate surface area is 204 Å². The summed E-state index contributed by atoms with van der Waals surface area (Å²) in [4.78, 5) is 15.4. The summed E-state index contributed by atoms with van der Waals surface area (Å²) in [5.74, 6) is 0.283. The van der Waals surface area contributed by atoms with E-state index in [-0.39, 0.29) is 11.6 Å². The van der Waals surface area contributed by atoms with Crippen LogP contribution in [0.2, 0.25) is 0 Å². The van der Waals surface area contributed by atoms with E-state index in [1.807, 2.05) is 54.6 Å². The molecule has 0 radical (unpaired) electrons. The highest BCUT2D eigenvalue weighted by molar-refractivity contribution is 7.98.